The molecule has 3 atom stereocenters. The van der Waals surface area contributed by atoms with Gasteiger partial charge in [0.1, 0.15) is 5.82 Å². The Morgan fingerprint density at radius 2 is 1.64 bits per heavy atom. The first-order chi connectivity index (χ1) is 15.7. The molecule has 0 saturated carbocycles. The molecule has 180 valence electrons. The number of rotatable bonds is 6. The van der Waals surface area contributed by atoms with Gasteiger partial charge < -0.3 is 9.64 Å². The predicted octanol–water partition coefficient (Wildman–Crippen LogP) is 4.34. The Hall–Kier alpha value is -2.16. The number of ether oxygens (including phenoxy) is 1. The predicted molar refractivity (Wildman–Crippen MR) is 130 cm³/mol. The second kappa shape index (κ2) is 9.99. The number of para-hydroxylation sites is 1. The third-order valence-corrected chi connectivity index (χ3v) is 8.23. The van der Waals surface area contributed by atoms with Gasteiger partial charge in [0.25, 0.3) is 10.0 Å². The van der Waals surface area contributed by atoms with E-state index >= 15 is 0 Å². The van der Waals surface area contributed by atoms with Crippen LogP contribution in [0.3, 0.4) is 0 Å². The Balaban J connectivity index is 1.46. The molecule has 0 aromatic heterocycles. The summed E-state index contributed by atoms with van der Waals surface area (Å²) in [4.78, 5) is 4.65. The molecule has 0 spiro atoms. The van der Waals surface area contributed by atoms with Crippen molar-refractivity contribution in [1.29, 1.82) is 0 Å². The van der Waals surface area contributed by atoms with Gasteiger partial charge in [0, 0.05) is 32.2 Å². The van der Waals surface area contributed by atoms with Crippen molar-refractivity contribution in [3.63, 3.8) is 0 Å². The van der Waals surface area contributed by atoms with Crippen molar-refractivity contribution < 1.29 is 17.5 Å². The molecule has 0 amide bonds. The van der Waals surface area contributed by atoms with E-state index in [9.17, 15) is 12.8 Å². The lowest BCUT2D eigenvalue weighted by atomic mass is 9.88. The van der Waals surface area contributed by atoms with Crippen LogP contribution in [0.15, 0.2) is 53.4 Å². The van der Waals surface area contributed by atoms with Gasteiger partial charge in [0.05, 0.1) is 28.5 Å². The van der Waals surface area contributed by atoms with E-state index in [1.165, 1.54) is 24.3 Å². The number of anilines is 2. The van der Waals surface area contributed by atoms with Crippen LogP contribution in [0.1, 0.15) is 33.6 Å². The molecule has 1 unspecified atom stereocenters. The second-order valence-corrected chi connectivity index (χ2v) is 11.0. The Labute approximate surface area is 196 Å². The molecule has 6 nitrogen and oxygen atoms in total. The first-order valence-electron chi connectivity index (χ1n) is 11.8. The maximum atomic E-state index is 14.9. The fourth-order valence-electron chi connectivity index (χ4n) is 5.18. The molecule has 2 saturated heterocycles. The summed E-state index contributed by atoms with van der Waals surface area (Å²) in [6.45, 7) is 9.77. The zero-order valence-electron chi connectivity index (χ0n) is 19.6. The molecule has 0 bridgehead atoms. The maximum absolute atomic E-state index is 14.9. The molecule has 1 N–H and O–H groups in total. The number of piperidine rings is 1. The summed E-state index contributed by atoms with van der Waals surface area (Å²) in [7, 11) is -3.80. The Morgan fingerprint density at radius 3 is 2.27 bits per heavy atom. The minimum atomic E-state index is -3.80. The Morgan fingerprint density at radius 1 is 1.00 bits per heavy atom. The zero-order chi connectivity index (χ0) is 23.6. The summed E-state index contributed by atoms with van der Waals surface area (Å²) < 4.78 is 49.1. The van der Waals surface area contributed by atoms with Crippen molar-refractivity contribution >= 4 is 21.4 Å². The SMILES string of the molecule is CC(C1CCN(c2c(F)cccc2NS(=O)(=O)c2ccccc2)CC1)N1C[C@@H](C)O[C@@H](C)C1. The molecule has 33 heavy (non-hydrogen) atoms. The van der Waals surface area contributed by atoms with Crippen LogP contribution in [0.2, 0.25) is 0 Å². The van der Waals surface area contributed by atoms with Gasteiger partial charge in [0.15, 0.2) is 0 Å². The number of hydrogen-bond donors (Lipinski definition) is 1. The monoisotopic (exact) mass is 475 g/mol. The molecule has 0 radical (unpaired) electrons. The van der Waals surface area contributed by atoms with Crippen molar-refractivity contribution in [2.45, 2.75) is 56.8 Å². The average molecular weight is 476 g/mol. The minimum Gasteiger partial charge on any atom is -0.373 e. The molecule has 2 aliphatic heterocycles. The molecule has 4 rings (SSSR count). The number of nitrogens with zero attached hydrogens (tertiary/aromatic N) is 2. The third kappa shape index (κ3) is 5.50. The van der Waals surface area contributed by atoms with Crippen molar-refractivity contribution in [1.82, 2.24) is 4.90 Å². The lowest BCUT2D eigenvalue weighted by molar-refractivity contribution is -0.0857. The highest BCUT2D eigenvalue weighted by Gasteiger charge is 2.33. The molecule has 2 fully saturated rings. The van der Waals surface area contributed by atoms with Crippen LogP contribution in [-0.2, 0) is 14.8 Å². The molecule has 2 aliphatic rings. The number of halogens is 1. The number of sulfonamides is 1. The number of nitrogens with one attached hydrogen (secondary N) is 1. The van der Waals surface area contributed by atoms with Crippen LogP contribution in [-0.4, -0.2) is 57.7 Å². The van der Waals surface area contributed by atoms with Crippen molar-refractivity contribution in [3.8, 4) is 0 Å². The zero-order valence-corrected chi connectivity index (χ0v) is 20.4. The van der Waals surface area contributed by atoms with E-state index < -0.39 is 15.8 Å². The minimum absolute atomic E-state index is 0.154. The van der Waals surface area contributed by atoms with E-state index in [1.807, 2.05) is 4.90 Å². The van der Waals surface area contributed by atoms with E-state index in [0.717, 1.165) is 25.9 Å². The van der Waals surface area contributed by atoms with Gasteiger partial charge in [-0.25, -0.2) is 12.8 Å². The van der Waals surface area contributed by atoms with Gasteiger partial charge in [-0.1, -0.05) is 24.3 Å². The van der Waals surface area contributed by atoms with Gasteiger partial charge in [-0.3, -0.25) is 9.62 Å². The normalized spacial score (nSPS) is 23.9. The summed E-state index contributed by atoms with van der Waals surface area (Å²) in [5.74, 6) is 0.0978. The van der Waals surface area contributed by atoms with Crippen LogP contribution in [0.5, 0.6) is 0 Å². The Kier molecular flexibility index (Phi) is 7.26. The summed E-state index contributed by atoms with van der Waals surface area (Å²) in [6.07, 6.45) is 2.32. The van der Waals surface area contributed by atoms with Gasteiger partial charge in [-0.2, -0.15) is 0 Å². The van der Waals surface area contributed by atoms with Crippen molar-refractivity contribution in [2.75, 3.05) is 35.8 Å². The third-order valence-electron chi connectivity index (χ3n) is 6.85. The van der Waals surface area contributed by atoms with Gasteiger partial charge in [-0.15, -0.1) is 0 Å². The summed E-state index contributed by atoms with van der Waals surface area (Å²) in [6, 6.07) is 13.1. The standard InChI is InChI=1S/C25H34FN3O3S/c1-18-16-29(17-19(2)32-18)20(3)21-12-14-28(15-13-21)25-23(26)10-7-11-24(25)27-33(30,31)22-8-5-4-6-9-22/h4-11,18-21,27H,12-17H2,1-3H3/t18-,19+,20?. The largest absolute Gasteiger partial charge is 0.373 e. The smallest absolute Gasteiger partial charge is 0.261 e. The average Bonchev–Trinajstić information content (AvgIpc) is 2.79. The molecule has 0 aliphatic carbocycles. The molecule has 2 aromatic rings. The van der Waals surface area contributed by atoms with Gasteiger partial charge in [-0.05, 0) is 63.8 Å². The number of benzene rings is 2. The number of morpholine rings is 1. The lowest BCUT2D eigenvalue weighted by Crippen LogP contribution is -2.52. The fraction of sp³-hybridized carbons (Fsp3) is 0.520. The molecule has 8 heteroatoms. The van der Waals surface area contributed by atoms with Crippen LogP contribution in [0.25, 0.3) is 0 Å². The van der Waals surface area contributed by atoms with E-state index in [2.05, 4.69) is 30.4 Å². The van der Waals surface area contributed by atoms with Gasteiger partial charge in [0.2, 0.25) is 0 Å². The highest BCUT2D eigenvalue weighted by Crippen LogP contribution is 2.35. The van der Waals surface area contributed by atoms with E-state index in [4.69, 9.17) is 4.74 Å². The van der Waals surface area contributed by atoms with Crippen LogP contribution in [0.4, 0.5) is 15.8 Å². The van der Waals surface area contributed by atoms with E-state index in [-0.39, 0.29) is 22.8 Å². The van der Waals surface area contributed by atoms with Gasteiger partial charge >= 0.3 is 0 Å². The van der Waals surface area contributed by atoms with Crippen LogP contribution in [0, 0.1) is 11.7 Å². The highest BCUT2D eigenvalue weighted by molar-refractivity contribution is 7.92. The topological polar surface area (TPSA) is 61.9 Å². The van der Waals surface area contributed by atoms with Crippen LogP contribution >= 0.6 is 0 Å². The summed E-state index contributed by atoms with van der Waals surface area (Å²) in [5, 5.41) is 0. The molecular weight excluding hydrogens is 441 g/mol. The second-order valence-electron chi connectivity index (χ2n) is 9.33. The molecule has 2 heterocycles. The fourth-order valence-corrected chi connectivity index (χ4v) is 6.26. The molecular formula is C25H34FN3O3S. The number of hydrogen-bond acceptors (Lipinski definition) is 5. The maximum Gasteiger partial charge on any atom is 0.261 e. The first-order valence-corrected chi connectivity index (χ1v) is 13.2. The molecule has 2 aromatic carbocycles. The first kappa shape index (κ1) is 24.0. The summed E-state index contributed by atoms with van der Waals surface area (Å²) >= 11 is 0. The Bertz CT molecular complexity index is 1030. The van der Waals surface area contributed by atoms with Crippen molar-refractivity contribution in [2.24, 2.45) is 5.92 Å². The quantitative estimate of drug-likeness (QED) is 0.674. The van der Waals surface area contributed by atoms with Crippen LogP contribution < -0.4 is 9.62 Å². The lowest BCUT2D eigenvalue weighted by Gasteiger charge is -2.44. The highest BCUT2D eigenvalue weighted by atomic mass is 32.2. The summed E-state index contributed by atoms with van der Waals surface area (Å²) in [5.41, 5.74) is 0.609. The van der Waals surface area contributed by atoms with E-state index in [1.54, 1.807) is 24.3 Å². The van der Waals surface area contributed by atoms with E-state index in [0.29, 0.717) is 30.7 Å². The van der Waals surface area contributed by atoms with Crippen molar-refractivity contribution in [3.05, 3.63) is 54.3 Å².